The van der Waals surface area contributed by atoms with Gasteiger partial charge in [0, 0.05) is 36.2 Å². The Morgan fingerprint density at radius 1 is 1.24 bits per heavy atom. The smallest absolute Gasteiger partial charge is 0.260 e. The van der Waals surface area contributed by atoms with E-state index in [1.54, 1.807) is 11.3 Å². The van der Waals surface area contributed by atoms with Gasteiger partial charge in [-0.05, 0) is 49.2 Å². The Balaban J connectivity index is 1.67. The van der Waals surface area contributed by atoms with E-state index in [4.69, 9.17) is 9.72 Å². The van der Waals surface area contributed by atoms with E-state index < -0.39 is 0 Å². The predicted octanol–water partition coefficient (Wildman–Crippen LogP) is 4.65. The van der Waals surface area contributed by atoms with Gasteiger partial charge in [0.15, 0.2) is 5.13 Å². The fourth-order valence-corrected chi connectivity index (χ4v) is 5.05. The second kappa shape index (κ2) is 8.92. The van der Waals surface area contributed by atoms with Crippen LogP contribution in [0.5, 0.6) is 0 Å². The van der Waals surface area contributed by atoms with E-state index in [1.165, 1.54) is 11.1 Å². The number of carbonyl (C=O) groups is 1. The third-order valence-electron chi connectivity index (χ3n) is 5.10. The Bertz CT molecular complexity index is 1030. The van der Waals surface area contributed by atoms with E-state index in [9.17, 15) is 4.79 Å². The van der Waals surface area contributed by atoms with Crippen LogP contribution in [0, 0.1) is 13.8 Å². The summed E-state index contributed by atoms with van der Waals surface area (Å²) in [5, 5.41) is 0.756. The zero-order chi connectivity index (χ0) is 20.4. The maximum atomic E-state index is 13.4. The molecule has 1 saturated heterocycles. The highest BCUT2D eigenvalue weighted by Gasteiger charge is 2.23. The number of benzene rings is 2. The third-order valence-corrected chi connectivity index (χ3v) is 6.82. The van der Waals surface area contributed by atoms with Gasteiger partial charge in [0.1, 0.15) is 0 Å². The van der Waals surface area contributed by atoms with Crippen LogP contribution in [0.25, 0.3) is 10.2 Å². The highest BCUT2D eigenvalue weighted by atomic mass is 79.9. The topological polar surface area (TPSA) is 45.7 Å². The largest absolute Gasteiger partial charge is 0.379 e. The molecule has 5 nitrogen and oxygen atoms in total. The van der Waals surface area contributed by atoms with Crippen LogP contribution in [-0.2, 0) is 4.74 Å². The summed E-state index contributed by atoms with van der Waals surface area (Å²) in [6.45, 7) is 8.88. The molecule has 1 fully saturated rings. The molecular formula is C22H24BrN3O2S. The van der Waals surface area contributed by atoms with Crippen molar-refractivity contribution in [1.82, 2.24) is 9.88 Å². The van der Waals surface area contributed by atoms with Crippen molar-refractivity contribution in [3.8, 4) is 0 Å². The maximum absolute atomic E-state index is 13.4. The molecule has 1 aliphatic rings. The van der Waals surface area contributed by atoms with Gasteiger partial charge in [0.05, 0.1) is 23.4 Å². The highest BCUT2D eigenvalue weighted by molar-refractivity contribution is 9.10. The first-order valence-electron chi connectivity index (χ1n) is 9.76. The lowest BCUT2D eigenvalue weighted by atomic mass is 10.1. The van der Waals surface area contributed by atoms with Crippen LogP contribution in [0.15, 0.2) is 40.9 Å². The molecule has 0 spiro atoms. The summed E-state index contributed by atoms with van der Waals surface area (Å²) in [5.41, 5.74) is 4.01. The van der Waals surface area contributed by atoms with Crippen molar-refractivity contribution in [2.45, 2.75) is 13.8 Å². The van der Waals surface area contributed by atoms with E-state index in [-0.39, 0.29) is 5.91 Å². The molecule has 1 aliphatic heterocycles. The van der Waals surface area contributed by atoms with E-state index in [1.807, 2.05) is 29.2 Å². The summed E-state index contributed by atoms with van der Waals surface area (Å²) >= 11 is 5.07. The van der Waals surface area contributed by atoms with Gasteiger partial charge in [0.25, 0.3) is 5.91 Å². The molecule has 152 valence electrons. The first-order chi connectivity index (χ1) is 14.0. The number of morpholine rings is 1. The number of aryl methyl sites for hydroxylation is 2. The molecule has 1 aromatic heterocycles. The van der Waals surface area contributed by atoms with E-state index >= 15 is 0 Å². The Morgan fingerprint density at radius 3 is 2.79 bits per heavy atom. The fraction of sp³-hybridized carbons (Fsp3) is 0.364. The molecule has 0 aliphatic carbocycles. The van der Waals surface area contributed by atoms with Gasteiger partial charge in [-0.2, -0.15) is 0 Å². The minimum atomic E-state index is -0.0204. The summed E-state index contributed by atoms with van der Waals surface area (Å²) in [6.07, 6.45) is 0. The average Bonchev–Trinajstić information content (AvgIpc) is 3.13. The molecule has 4 rings (SSSR count). The number of aromatic nitrogens is 1. The van der Waals surface area contributed by atoms with Gasteiger partial charge in [-0.15, -0.1) is 0 Å². The molecule has 0 radical (unpaired) electrons. The molecule has 29 heavy (non-hydrogen) atoms. The number of hydrogen-bond acceptors (Lipinski definition) is 5. The van der Waals surface area contributed by atoms with Gasteiger partial charge >= 0.3 is 0 Å². The number of hydrogen-bond donors (Lipinski definition) is 0. The number of halogens is 1. The average molecular weight is 474 g/mol. The van der Waals surface area contributed by atoms with E-state index in [2.05, 4.69) is 46.8 Å². The van der Waals surface area contributed by atoms with Crippen LogP contribution < -0.4 is 4.90 Å². The number of carbonyl (C=O) groups excluding carboxylic acids is 1. The van der Waals surface area contributed by atoms with E-state index in [0.29, 0.717) is 12.1 Å². The number of thiazole rings is 1. The summed E-state index contributed by atoms with van der Waals surface area (Å²) in [5.74, 6) is -0.0204. The predicted molar refractivity (Wildman–Crippen MR) is 122 cm³/mol. The van der Waals surface area contributed by atoms with Crippen molar-refractivity contribution in [1.29, 1.82) is 0 Å². The number of anilines is 1. The second-order valence-corrected chi connectivity index (χ2v) is 9.24. The van der Waals surface area contributed by atoms with Gasteiger partial charge in [0.2, 0.25) is 0 Å². The summed E-state index contributed by atoms with van der Waals surface area (Å²) < 4.78 is 7.49. The van der Waals surface area contributed by atoms with Gasteiger partial charge in [-0.3, -0.25) is 14.6 Å². The molecule has 0 atom stereocenters. The zero-order valence-corrected chi connectivity index (χ0v) is 19.1. The molecule has 0 N–H and O–H groups in total. The van der Waals surface area contributed by atoms with Crippen molar-refractivity contribution in [2.24, 2.45) is 0 Å². The fourth-order valence-electron chi connectivity index (χ4n) is 3.61. The van der Waals surface area contributed by atoms with Gasteiger partial charge in [-0.1, -0.05) is 39.4 Å². The van der Waals surface area contributed by atoms with Gasteiger partial charge < -0.3 is 4.74 Å². The number of amides is 1. The van der Waals surface area contributed by atoms with Gasteiger partial charge in [-0.25, -0.2) is 4.98 Å². The summed E-state index contributed by atoms with van der Waals surface area (Å²) in [7, 11) is 0. The lowest BCUT2D eigenvalue weighted by Crippen LogP contribution is -2.43. The van der Waals surface area contributed by atoms with Crippen LogP contribution in [0.3, 0.4) is 0 Å². The molecular weight excluding hydrogens is 450 g/mol. The Kier molecular flexibility index (Phi) is 6.29. The SMILES string of the molecule is Cc1cc(C)c2sc(N(CCN3CCOCC3)C(=O)c3cccc(Br)c3)nc2c1. The van der Waals surface area contributed by atoms with Crippen molar-refractivity contribution in [3.63, 3.8) is 0 Å². The quantitative estimate of drug-likeness (QED) is 0.540. The highest BCUT2D eigenvalue weighted by Crippen LogP contribution is 2.33. The van der Waals surface area contributed by atoms with Crippen molar-refractivity contribution in [3.05, 3.63) is 57.6 Å². The minimum Gasteiger partial charge on any atom is -0.379 e. The molecule has 2 aromatic carbocycles. The van der Waals surface area contributed by atoms with E-state index in [0.717, 1.165) is 52.7 Å². The molecule has 0 bridgehead atoms. The Labute approximate surface area is 183 Å². The molecule has 3 aromatic rings. The lowest BCUT2D eigenvalue weighted by Gasteiger charge is -2.29. The summed E-state index contributed by atoms with van der Waals surface area (Å²) in [6, 6.07) is 11.8. The van der Waals surface area contributed by atoms with Crippen LogP contribution in [0.1, 0.15) is 21.5 Å². The van der Waals surface area contributed by atoms with Crippen LogP contribution in [0.2, 0.25) is 0 Å². The third kappa shape index (κ3) is 4.69. The Morgan fingerprint density at radius 2 is 2.03 bits per heavy atom. The second-order valence-electron chi connectivity index (χ2n) is 7.35. The minimum absolute atomic E-state index is 0.0204. The monoisotopic (exact) mass is 473 g/mol. The molecule has 0 unspecified atom stereocenters. The van der Waals surface area contributed by atoms with Crippen LogP contribution >= 0.6 is 27.3 Å². The lowest BCUT2D eigenvalue weighted by molar-refractivity contribution is 0.0391. The molecule has 1 amide bonds. The normalized spacial score (nSPS) is 15.0. The number of rotatable bonds is 5. The standard InChI is InChI=1S/C22H24BrN3O2S/c1-15-12-16(2)20-19(13-15)24-22(29-20)26(7-6-25-8-10-28-11-9-25)21(27)17-4-3-5-18(23)14-17/h3-5,12-14H,6-11H2,1-2H3. The first-order valence-corrected chi connectivity index (χ1v) is 11.4. The zero-order valence-electron chi connectivity index (χ0n) is 16.7. The number of ether oxygens (including phenoxy) is 1. The van der Waals surface area contributed by atoms with Crippen LogP contribution in [-0.4, -0.2) is 55.2 Å². The Hall–Kier alpha value is -1.80. The first kappa shape index (κ1) is 20.5. The molecule has 2 heterocycles. The molecule has 7 heteroatoms. The maximum Gasteiger partial charge on any atom is 0.260 e. The van der Waals surface area contributed by atoms with Crippen molar-refractivity contribution >= 4 is 48.5 Å². The number of nitrogens with zero attached hydrogens (tertiary/aromatic N) is 3. The van der Waals surface area contributed by atoms with Crippen molar-refractivity contribution in [2.75, 3.05) is 44.3 Å². The molecule has 0 saturated carbocycles. The number of fused-ring (bicyclic) bond motifs is 1. The van der Waals surface area contributed by atoms with Crippen LogP contribution in [0.4, 0.5) is 5.13 Å². The van der Waals surface area contributed by atoms with Crippen molar-refractivity contribution < 1.29 is 9.53 Å². The summed E-state index contributed by atoms with van der Waals surface area (Å²) in [4.78, 5) is 22.4.